The first-order valence-electron chi connectivity index (χ1n) is 5.26. The number of hydrogen-bond donors (Lipinski definition) is 2. The minimum Gasteiger partial charge on any atom is -0.480 e. The van der Waals surface area contributed by atoms with Crippen LogP contribution in [0.2, 0.25) is 0 Å². The summed E-state index contributed by atoms with van der Waals surface area (Å²) in [6.07, 6.45) is 0. The van der Waals surface area contributed by atoms with Crippen molar-refractivity contribution in [2.24, 2.45) is 0 Å². The van der Waals surface area contributed by atoms with E-state index in [2.05, 4.69) is 5.32 Å². The van der Waals surface area contributed by atoms with Gasteiger partial charge in [0.2, 0.25) is 11.0 Å². The van der Waals surface area contributed by atoms with Crippen molar-refractivity contribution < 1.29 is 19.5 Å². The summed E-state index contributed by atoms with van der Waals surface area (Å²) in [6, 6.07) is 8.60. The van der Waals surface area contributed by atoms with E-state index in [-0.39, 0.29) is 5.12 Å². The molecule has 0 radical (unpaired) electrons. The third-order valence-electron chi connectivity index (χ3n) is 2.08. The maximum Gasteiger partial charge on any atom is 0.322 e. The van der Waals surface area contributed by atoms with Crippen LogP contribution in [-0.4, -0.2) is 33.9 Å². The van der Waals surface area contributed by atoms with Gasteiger partial charge in [-0.2, -0.15) is 0 Å². The van der Waals surface area contributed by atoms with Crippen molar-refractivity contribution in [1.29, 1.82) is 0 Å². The molecule has 2 N–H and O–H groups in total. The Morgan fingerprint density at radius 1 is 1.28 bits per heavy atom. The van der Waals surface area contributed by atoms with E-state index in [0.29, 0.717) is 5.56 Å². The van der Waals surface area contributed by atoms with Crippen molar-refractivity contribution >= 4 is 28.8 Å². The number of thioether (sulfide) groups is 1. The van der Waals surface area contributed by atoms with Crippen LogP contribution in [-0.2, 0) is 9.59 Å². The summed E-state index contributed by atoms with van der Waals surface area (Å²) in [7, 11) is 0. The molecule has 0 aliphatic heterocycles. The van der Waals surface area contributed by atoms with Crippen LogP contribution in [0, 0.1) is 0 Å². The van der Waals surface area contributed by atoms with Gasteiger partial charge >= 0.3 is 5.97 Å². The van der Waals surface area contributed by atoms with Crippen LogP contribution < -0.4 is 5.32 Å². The monoisotopic (exact) mass is 267 g/mol. The fourth-order valence-electron chi connectivity index (χ4n) is 1.16. The average Bonchev–Trinajstić information content (AvgIpc) is 2.36. The summed E-state index contributed by atoms with van der Waals surface area (Å²) in [5.74, 6) is -1.58. The number of carbonyl (C=O) groups excluding carboxylic acids is 2. The molecule has 0 fully saturated rings. The molecule has 96 valence electrons. The van der Waals surface area contributed by atoms with Gasteiger partial charge < -0.3 is 10.4 Å². The maximum atomic E-state index is 11.8. The van der Waals surface area contributed by atoms with E-state index in [4.69, 9.17) is 5.11 Å². The van der Waals surface area contributed by atoms with Crippen molar-refractivity contribution in [1.82, 2.24) is 5.32 Å². The van der Waals surface area contributed by atoms with Crippen LogP contribution in [0.1, 0.15) is 17.3 Å². The maximum absolute atomic E-state index is 11.8. The molecule has 0 saturated heterocycles. The van der Waals surface area contributed by atoms with Crippen molar-refractivity contribution in [3.8, 4) is 0 Å². The lowest BCUT2D eigenvalue weighted by molar-refractivity contribution is -0.137. The molecule has 0 saturated carbocycles. The van der Waals surface area contributed by atoms with Gasteiger partial charge in [0.15, 0.2) is 0 Å². The summed E-state index contributed by atoms with van der Waals surface area (Å²) in [4.78, 5) is 33.5. The lowest BCUT2D eigenvalue weighted by Gasteiger charge is -2.09. The lowest BCUT2D eigenvalue weighted by Crippen LogP contribution is -2.35. The van der Waals surface area contributed by atoms with E-state index >= 15 is 0 Å². The first kappa shape index (κ1) is 14.2. The molecule has 1 unspecified atom stereocenters. The fourth-order valence-corrected chi connectivity index (χ4v) is 1.95. The number of benzene rings is 1. The first-order valence-corrected chi connectivity index (χ1v) is 6.14. The van der Waals surface area contributed by atoms with Crippen molar-refractivity contribution in [3.63, 3.8) is 0 Å². The predicted molar refractivity (Wildman–Crippen MR) is 68.5 cm³/mol. The molecule has 0 heterocycles. The highest BCUT2D eigenvalue weighted by molar-refractivity contribution is 8.15. The Hall–Kier alpha value is -1.82. The molecule has 1 rings (SSSR count). The minimum absolute atomic E-state index is 0.214. The number of hydrogen-bond acceptors (Lipinski definition) is 4. The highest BCUT2D eigenvalue weighted by Gasteiger charge is 2.18. The molecule has 1 aromatic carbocycles. The summed E-state index contributed by atoms with van der Waals surface area (Å²) in [6.45, 7) is 1.12. The fraction of sp³-hybridized carbons (Fsp3) is 0.250. The Kier molecular flexibility index (Phi) is 5.38. The second-order valence-electron chi connectivity index (χ2n) is 3.53. The Balaban J connectivity index is 2.49. The summed E-state index contributed by atoms with van der Waals surface area (Å²) < 4.78 is 0. The topological polar surface area (TPSA) is 83.5 Å². The molecule has 0 aliphatic carbocycles. The molecular formula is C12H13NO4S. The molecule has 18 heavy (non-hydrogen) atoms. The minimum atomic E-state index is -1.12. The number of carbonyl (C=O) groups is 3. The number of carboxylic acid groups (broad SMARTS) is 1. The third-order valence-corrected chi connectivity index (χ3v) is 3.09. The summed E-state index contributed by atoms with van der Waals surface area (Å²) in [5.41, 5.74) is 0.514. The second kappa shape index (κ2) is 6.80. The Bertz CT molecular complexity index is 447. The highest BCUT2D eigenvalue weighted by atomic mass is 32.2. The van der Waals surface area contributed by atoms with Crippen LogP contribution in [0.3, 0.4) is 0 Å². The van der Waals surface area contributed by atoms with E-state index < -0.39 is 23.7 Å². The van der Waals surface area contributed by atoms with Crippen LogP contribution in [0.25, 0.3) is 0 Å². The van der Waals surface area contributed by atoms with E-state index in [1.54, 1.807) is 37.3 Å². The number of carboxylic acids is 1. The number of nitrogens with one attached hydrogen (secondary N) is 1. The van der Waals surface area contributed by atoms with Gasteiger partial charge in [-0.3, -0.25) is 14.4 Å². The zero-order valence-electron chi connectivity index (χ0n) is 9.75. The molecule has 5 nitrogen and oxygen atoms in total. The first-order chi connectivity index (χ1) is 8.50. The van der Waals surface area contributed by atoms with Crippen LogP contribution in [0.5, 0.6) is 0 Å². The highest BCUT2D eigenvalue weighted by Crippen LogP contribution is 2.17. The lowest BCUT2D eigenvalue weighted by atomic mass is 10.2. The average molecular weight is 267 g/mol. The van der Waals surface area contributed by atoms with Crippen molar-refractivity contribution in [3.05, 3.63) is 35.9 Å². The molecule has 0 aliphatic rings. The third kappa shape index (κ3) is 4.58. The smallest absolute Gasteiger partial charge is 0.322 e. The number of rotatable bonds is 5. The van der Waals surface area contributed by atoms with E-state index in [9.17, 15) is 14.4 Å². The number of amides is 1. The zero-order valence-corrected chi connectivity index (χ0v) is 10.6. The van der Waals surface area contributed by atoms with Crippen LogP contribution >= 0.6 is 11.8 Å². The van der Waals surface area contributed by atoms with Gasteiger partial charge in [-0.1, -0.05) is 42.1 Å². The van der Waals surface area contributed by atoms with Crippen LogP contribution in [0.4, 0.5) is 0 Å². The van der Waals surface area contributed by atoms with Gasteiger partial charge in [-0.05, 0) is 6.92 Å². The largest absolute Gasteiger partial charge is 0.480 e. The van der Waals surface area contributed by atoms with Gasteiger partial charge in [0.05, 0.1) is 5.25 Å². The molecule has 0 aromatic heterocycles. The van der Waals surface area contributed by atoms with Gasteiger partial charge in [0, 0.05) is 5.56 Å². The van der Waals surface area contributed by atoms with Gasteiger partial charge in [-0.15, -0.1) is 0 Å². The van der Waals surface area contributed by atoms with E-state index in [1.165, 1.54) is 0 Å². The Labute approximate surface area is 109 Å². The van der Waals surface area contributed by atoms with Gasteiger partial charge in [0.1, 0.15) is 6.54 Å². The molecule has 6 heteroatoms. The predicted octanol–water partition coefficient (Wildman–Crippen LogP) is 1.15. The number of aliphatic carboxylic acids is 1. The molecule has 1 aromatic rings. The molecule has 1 amide bonds. The Morgan fingerprint density at radius 3 is 2.44 bits per heavy atom. The van der Waals surface area contributed by atoms with Crippen LogP contribution in [0.15, 0.2) is 30.3 Å². The quantitative estimate of drug-likeness (QED) is 0.836. The van der Waals surface area contributed by atoms with Gasteiger partial charge in [0.25, 0.3) is 0 Å². The summed E-state index contributed by atoms with van der Waals surface area (Å²) >= 11 is 0.869. The van der Waals surface area contributed by atoms with E-state index in [0.717, 1.165) is 11.8 Å². The molecule has 0 spiro atoms. The molecule has 1 atom stereocenters. The van der Waals surface area contributed by atoms with E-state index in [1.807, 2.05) is 0 Å². The molecule has 0 bridgehead atoms. The second-order valence-corrected chi connectivity index (χ2v) is 4.84. The SMILES string of the molecule is CC(SC(=O)c1ccccc1)C(=O)NCC(=O)O. The Morgan fingerprint density at radius 2 is 1.89 bits per heavy atom. The standard InChI is InChI=1S/C12H13NO4S/c1-8(11(16)13-7-10(14)15)18-12(17)9-5-3-2-4-6-9/h2-6,8H,7H2,1H3,(H,13,16)(H,14,15). The van der Waals surface area contributed by atoms with Gasteiger partial charge in [-0.25, -0.2) is 0 Å². The zero-order chi connectivity index (χ0) is 13.5. The van der Waals surface area contributed by atoms with Crippen molar-refractivity contribution in [2.75, 3.05) is 6.54 Å². The normalized spacial score (nSPS) is 11.6. The molecular weight excluding hydrogens is 254 g/mol. The van der Waals surface area contributed by atoms with Crippen molar-refractivity contribution in [2.45, 2.75) is 12.2 Å². The summed E-state index contributed by atoms with van der Waals surface area (Å²) in [5, 5.41) is 9.80.